The van der Waals surface area contributed by atoms with Crippen molar-refractivity contribution >= 4 is 58.4 Å². The Morgan fingerprint density at radius 2 is 1.57 bits per heavy atom. The molecule has 0 radical (unpaired) electrons. The van der Waals surface area contributed by atoms with Crippen LogP contribution in [-0.4, -0.2) is 34.6 Å². The normalized spacial score (nSPS) is 12.6. The van der Waals surface area contributed by atoms with Crippen LogP contribution in [0.25, 0.3) is 0 Å². The summed E-state index contributed by atoms with van der Waals surface area (Å²) in [5.41, 5.74) is 2.63. The van der Waals surface area contributed by atoms with Gasteiger partial charge in [0.2, 0.25) is 11.8 Å². The first-order chi connectivity index (χ1) is 17.8. The van der Waals surface area contributed by atoms with E-state index in [4.69, 9.17) is 34.8 Å². The minimum Gasteiger partial charge on any atom is -0.352 e. The van der Waals surface area contributed by atoms with Gasteiger partial charge < -0.3 is 10.2 Å². The van der Waals surface area contributed by atoms with Crippen LogP contribution < -0.4 is 5.32 Å². The summed E-state index contributed by atoms with van der Waals surface area (Å²) in [6, 6.07) is 21.8. The summed E-state index contributed by atoms with van der Waals surface area (Å²) in [5.74, 6) is 0.336. The summed E-state index contributed by atoms with van der Waals surface area (Å²) in [6.45, 7) is 4.24. The number of rotatable bonds is 12. The number of thioether (sulfide) groups is 1. The van der Waals surface area contributed by atoms with E-state index < -0.39 is 6.04 Å². The summed E-state index contributed by atoms with van der Waals surface area (Å²) in [4.78, 5) is 28.9. The first-order valence-electron chi connectivity index (χ1n) is 12.2. The molecule has 0 heterocycles. The molecule has 3 aromatic rings. The van der Waals surface area contributed by atoms with Gasteiger partial charge in [-0.25, -0.2) is 0 Å². The zero-order valence-corrected chi connectivity index (χ0v) is 24.0. The third-order valence-electron chi connectivity index (χ3n) is 6.05. The maximum Gasteiger partial charge on any atom is 0.243 e. The lowest BCUT2D eigenvalue weighted by Crippen LogP contribution is -2.52. The van der Waals surface area contributed by atoms with Crippen LogP contribution in [0.5, 0.6) is 0 Å². The molecule has 2 amide bonds. The van der Waals surface area contributed by atoms with E-state index >= 15 is 0 Å². The van der Waals surface area contributed by atoms with Gasteiger partial charge in [0.25, 0.3) is 0 Å². The average Bonchev–Trinajstić information content (AvgIpc) is 2.88. The Morgan fingerprint density at radius 3 is 2.22 bits per heavy atom. The molecule has 0 aliphatic heterocycles. The van der Waals surface area contributed by atoms with Crippen LogP contribution in [-0.2, 0) is 28.3 Å². The second-order valence-corrected chi connectivity index (χ2v) is 11.1. The fourth-order valence-corrected chi connectivity index (χ4v) is 5.68. The van der Waals surface area contributed by atoms with E-state index in [0.29, 0.717) is 27.2 Å². The van der Waals surface area contributed by atoms with Crippen molar-refractivity contribution in [1.82, 2.24) is 10.2 Å². The van der Waals surface area contributed by atoms with E-state index in [0.717, 1.165) is 23.1 Å². The molecule has 0 saturated heterocycles. The fourth-order valence-electron chi connectivity index (χ4n) is 3.82. The van der Waals surface area contributed by atoms with Crippen molar-refractivity contribution < 1.29 is 9.59 Å². The van der Waals surface area contributed by atoms with Gasteiger partial charge in [0.1, 0.15) is 6.04 Å². The lowest BCUT2D eigenvalue weighted by Gasteiger charge is -2.32. The molecule has 0 aliphatic rings. The molecular weight excluding hydrogens is 547 g/mol. The predicted molar refractivity (Wildman–Crippen MR) is 156 cm³/mol. The number of benzene rings is 3. The number of hydrogen-bond donors (Lipinski definition) is 1. The molecule has 37 heavy (non-hydrogen) atoms. The van der Waals surface area contributed by atoms with Crippen LogP contribution in [0.2, 0.25) is 15.1 Å². The van der Waals surface area contributed by atoms with Gasteiger partial charge in [0, 0.05) is 39.8 Å². The maximum absolute atomic E-state index is 13.7. The molecule has 3 rings (SSSR count). The highest BCUT2D eigenvalue weighted by Crippen LogP contribution is 2.28. The predicted octanol–water partition coefficient (Wildman–Crippen LogP) is 7.43. The van der Waals surface area contributed by atoms with E-state index in [1.54, 1.807) is 29.2 Å². The molecule has 0 fully saturated rings. The smallest absolute Gasteiger partial charge is 0.243 e. The molecule has 196 valence electrons. The second kappa shape index (κ2) is 14.7. The molecule has 0 spiro atoms. The molecular formula is C29H31Cl3N2O2S. The van der Waals surface area contributed by atoms with E-state index in [2.05, 4.69) is 5.32 Å². The highest BCUT2D eigenvalue weighted by Gasteiger charge is 2.31. The zero-order chi connectivity index (χ0) is 26.8. The van der Waals surface area contributed by atoms with Crippen molar-refractivity contribution in [3.05, 3.63) is 105 Å². The van der Waals surface area contributed by atoms with Crippen LogP contribution in [0.3, 0.4) is 0 Å². The lowest BCUT2D eigenvalue weighted by atomic mass is 10.0. The minimum atomic E-state index is -0.688. The van der Waals surface area contributed by atoms with E-state index in [1.165, 1.54) is 11.8 Å². The first kappa shape index (κ1) is 29.4. The fraction of sp³-hybridized carbons (Fsp3) is 0.310. The number of carbonyl (C=O) groups is 2. The number of halogens is 3. The molecule has 3 aromatic carbocycles. The third kappa shape index (κ3) is 8.96. The monoisotopic (exact) mass is 576 g/mol. The zero-order valence-electron chi connectivity index (χ0n) is 20.9. The van der Waals surface area contributed by atoms with Gasteiger partial charge >= 0.3 is 0 Å². The first-order valence-corrected chi connectivity index (χ1v) is 14.5. The quantitative estimate of drug-likeness (QED) is 0.243. The van der Waals surface area contributed by atoms with Gasteiger partial charge in [-0.3, -0.25) is 9.59 Å². The topological polar surface area (TPSA) is 49.4 Å². The van der Waals surface area contributed by atoms with Crippen LogP contribution in [0.15, 0.2) is 72.8 Å². The van der Waals surface area contributed by atoms with Crippen LogP contribution in [0.1, 0.15) is 37.0 Å². The molecule has 2 atom stereocenters. The summed E-state index contributed by atoms with van der Waals surface area (Å²) < 4.78 is 0. The number of nitrogens with one attached hydrogen (secondary N) is 1. The second-order valence-electron chi connectivity index (χ2n) is 8.87. The number of amides is 2. The highest BCUT2D eigenvalue weighted by molar-refractivity contribution is 7.99. The Balaban J connectivity index is 1.88. The minimum absolute atomic E-state index is 0.00867. The van der Waals surface area contributed by atoms with Crippen molar-refractivity contribution in [3.8, 4) is 0 Å². The molecule has 0 aliphatic carbocycles. The molecule has 4 nitrogen and oxygen atoms in total. The summed E-state index contributed by atoms with van der Waals surface area (Å²) in [6.07, 6.45) is 1.19. The van der Waals surface area contributed by atoms with Crippen molar-refractivity contribution in [2.45, 2.75) is 51.1 Å². The van der Waals surface area contributed by atoms with Crippen LogP contribution >= 0.6 is 46.6 Å². The van der Waals surface area contributed by atoms with Crippen molar-refractivity contribution in [2.24, 2.45) is 0 Å². The number of nitrogens with zero attached hydrogens (tertiary/aromatic N) is 1. The summed E-state index contributed by atoms with van der Waals surface area (Å²) in [5, 5.41) is 4.79. The number of carbonyl (C=O) groups excluding carboxylic acids is 2. The number of hydrogen-bond acceptors (Lipinski definition) is 3. The summed E-state index contributed by atoms with van der Waals surface area (Å²) in [7, 11) is 0. The average molecular weight is 578 g/mol. The maximum atomic E-state index is 13.7. The Hall–Kier alpha value is -2.18. The largest absolute Gasteiger partial charge is 0.352 e. The molecule has 1 N–H and O–H groups in total. The lowest BCUT2D eigenvalue weighted by molar-refractivity contribution is -0.139. The van der Waals surface area contributed by atoms with Crippen molar-refractivity contribution in [3.63, 3.8) is 0 Å². The standard InChI is InChI=1S/C29H31Cl3N2O2S/c1-3-20(2)33-29(36)27(16-21-9-5-4-6-10-21)34(17-22-11-7-12-23(30)15-22)28(35)19-37-18-24-25(31)13-8-14-26(24)32/h4-15,20,27H,3,16-19H2,1-2H3,(H,33,36). The van der Waals surface area contributed by atoms with Gasteiger partial charge in [-0.05, 0) is 54.3 Å². The van der Waals surface area contributed by atoms with Crippen LogP contribution in [0, 0.1) is 0 Å². The van der Waals surface area contributed by atoms with Gasteiger partial charge in [0.15, 0.2) is 0 Å². The van der Waals surface area contributed by atoms with E-state index in [9.17, 15) is 9.59 Å². The Labute approximate surface area is 238 Å². The van der Waals surface area contributed by atoms with Gasteiger partial charge in [-0.2, -0.15) is 0 Å². The summed E-state index contributed by atoms with van der Waals surface area (Å²) >= 11 is 20.3. The van der Waals surface area contributed by atoms with Gasteiger partial charge in [-0.1, -0.05) is 90.3 Å². The van der Waals surface area contributed by atoms with Gasteiger partial charge in [-0.15, -0.1) is 11.8 Å². The van der Waals surface area contributed by atoms with Crippen molar-refractivity contribution in [2.75, 3.05) is 5.75 Å². The van der Waals surface area contributed by atoms with Crippen molar-refractivity contribution in [1.29, 1.82) is 0 Å². The highest BCUT2D eigenvalue weighted by atomic mass is 35.5. The van der Waals surface area contributed by atoms with E-state index in [-0.39, 0.29) is 30.2 Å². The Bertz CT molecular complexity index is 1170. The molecule has 0 saturated carbocycles. The van der Waals surface area contributed by atoms with Gasteiger partial charge in [0.05, 0.1) is 5.75 Å². The Kier molecular flexibility index (Phi) is 11.7. The molecule has 0 aromatic heterocycles. The molecule has 0 bridgehead atoms. The third-order valence-corrected chi connectivity index (χ3v) is 7.93. The SMILES string of the molecule is CCC(C)NC(=O)C(Cc1ccccc1)N(Cc1cccc(Cl)c1)C(=O)CSCc1c(Cl)cccc1Cl. The molecule has 8 heteroatoms. The van der Waals surface area contributed by atoms with Crippen LogP contribution in [0.4, 0.5) is 0 Å². The van der Waals surface area contributed by atoms with E-state index in [1.807, 2.05) is 62.4 Å². The molecule has 2 unspecified atom stereocenters. The Morgan fingerprint density at radius 1 is 0.919 bits per heavy atom.